The monoisotopic (exact) mass is 178 g/mol. The van der Waals surface area contributed by atoms with Crippen LogP contribution in [0.5, 0.6) is 5.75 Å². The SMILES string of the molecule is Cc1ccc2c(c1)OC[C@H](CO)C2. The molecule has 0 fully saturated rings. The van der Waals surface area contributed by atoms with Crippen LogP contribution in [0.3, 0.4) is 0 Å². The molecule has 0 bridgehead atoms. The zero-order valence-corrected chi connectivity index (χ0v) is 7.79. The second-order valence-electron chi connectivity index (χ2n) is 3.67. The highest BCUT2D eigenvalue weighted by Crippen LogP contribution is 2.27. The minimum atomic E-state index is 0.216. The Hall–Kier alpha value is -1.02. The molecule has 1 aromatic rings. The summed E-state index contributed by atoms with van der Waals surface area (Å²) in [6.45, 7) is 2.92. The summed E-state index contributed by atoms with van der Waals surface area (Å²) in [6.07, 6.45) is 0.937. The second kappa shape index (κ2) is 3.38. The van der Waals surface area contributed by atoms with Crippen LogP contribution in [-0.4, -0.2) is 18.3 Å². The molecule has 0 unspecified atom stereocenters. The molecule has 0 spiro atoms. The summed E-state index contributed by atoms with van der Waals surface area (Å²) in [4.78, 5) is 0. The van der Waals surface area contributed by atoms with Crippen molar-refractivity contribution in [1.29, 1.82) is 0 Å². The van der Waals surface area contributed by atoms with Crippen molar-refractivity contribution in [3.8, 4) is 5.75 Å². The molecule has 1 heterocycles. The maximum atomic E-state index is 8.99. The van der Waals surface area contributed by atoms with E-state index >= 15 is 0 Å². The Kier molecular flexibility index (Phi) is 2.23. The van der Waals surface area contributed by atoms with E-state index in [1.165, 1.54) is 11.1 Å². The van der Waals surface area contributed by atoms with Gasteiger partial charge in [0.05, 0.1) is 6.61 Å². The number of aryl methyl sites for hydroxylation is 1. The van der Waals surface area contributed by atoms with E-state index in [0.717, 1.165) is 12.2 Å². The van der Waals surface area contributed by atoms with Gasteiger partial charge in [-0.3, -0.25) is 0 Å². The molecule has 13 heavy (non-hydrogen) atoms. The number of ether oxygens (including phenoxy) is 1. The Morgan fingerprint density at radius 2 is 2.38 bits per heavy atom. The van der Waals surface area contributed by atoms with E-state index < -0.39 is 0 Å². The van der Waals surface area contributed by atoms with E-state index in [9.17, 15) is 0 Å². The normalized spacial score (nSPS) is 20.6. The molecular formula is C11H14O2. The van der Waals surface area contributed by atoms with E-state index in [0.29, 0.717) is 6.61 Å². The fourth-order valence-corrected chi connectivity index (χ4v) is 1.66. The van der Waals surface area contributed by atoms with Crippen molar-refractivity contribution in [2.24, 2.45) is 5.92 Å². The molecule has 0 aromatic heterocycles. The van der Waals surface area contributed by atoms with Crippen LogP contribution in [0.15, 0.2) is 18.2 Å². The Balaban J connectivity index is 2.26. The average molecular weight is 178 g/mol. The van der Waals surface area contributed by atoms with Gasteiger partial charge in [0.25, 0.3) is 0 Å². The lowest BCUT2D eigenvalue weighted by Crippen LogP contribution is -2.23. The van der Waals surface area contributed by atoms with E-state index in [1.54, 1.807) is 0 Å². The summed E-state index contributed by atoms with van der Waals surface area (Å²) in [7, 11) is 0. The highest BCUT2D eigenvalue weighted by molar-refractivity contribution is 5.38. The van der Waals surface area contributed by atoms with Gasteiger partial charge >= 0.3 is 0 Å². The molecule has 0 aliphatic carbocycles. The van der Waals surface area contributed by atoms with Crippen molar-refractivity contribution < 1.29 is 9.84 Å². The first kappa shape index (κ1) is 8.57. The van der Waals surface area contributed by atoms with Gasteiger partial charge in [0.1, 0.15) is 5.75 Å². The maximum absolute atomic E-state index is 8.99. The third-order valence-electron chi connectivity index (χ3n) is 2.46. The van der Waals surface area contributed by atoms with Crippen molar-refractivity contribution in [1.82, 2.24) is 0 Å². The fraction of sp³-hybridized carbons (Fsp3) is 0.455. The number of hydrogen-bond donors (Lipinski definition) is 1. The Bertz CT molecular complexity index is 307. The van der Waals surface area contributed by atoms with Crippen LogP contribution in [0.4, 0.5) is 0 Å². The molecule has 1 atom stereocenters. The minimum absolute atomic E-state index is 0.216. The van der Waals surface area contributed by atoms with Crippen molar-refractivity contribution in [3.05, 3.63) is 29.3 Å². The first-order valence-electron chi connectivity index (χ1n) is 4.63. The van der Waals surface area contributed by atoms with Gasteiger partial charge in [0.15, 0.2) is 0 Å². The Morgan fingerprint density at radius 3 is 3.15 bits per heavy atom. The molecule has 1 aliphatic heterocycles. The van der Waals surface area contributed by atoms with Crippen LogP contribution < -0.4 is 4.74 Å². The van der Waals surface area contributed by atoms with Crippen LogP contribution in [0.1, 0.15) is 11.1 Å². The van der Waals surface area contributed by atoms with Gasteiger partial charge in [0, 0.05) is 12.5 Å². The van der Waals surface area contributed by atoms with E-state index in [4.69, 9.17) is 9.84 Å². The predicted octanol–water partition coefficient (Wildman–Crippen LogP) is 1.54. The van der Waals surface area contributed by atoms with Gasteiger partial charge in [-0.1, -0.05) is 12.1 Å². The predicted molar refractivity (Wildman–Crippen MR) is 51.0 cm³/mol. The topological polar surface area (TPSA) is 29.5 Å². The number of fused-ring (bicyclic) bond motifs is 1. The highest BCUT2D eigenvalue weighted by atomic mass is 16.5. The molecule has 2 nitrogen and oxygen atoms in total. The molecule has 0 saturated heterocycles. The largest absolute Gasteiger partial charge is 0.493 e. The lowest BCUT2D eigenvalue weighted by Gasteiger charge is -2.23. The van der Waals surface area contributed by atoms with Crippen molar-refractivity contribution >= 4 is 0 Å². The molecule has 1 aliphatic rings. The van der Waals surface area contributed by atoms with Gasteiger partial charge in [-0.25, -0.2) is 0 Å². The summed E-state index contributed by atoms with van der Waals surface area (Å²) >= 11 is 0. The first-order chi connectivity index (χ1) is 6.29. The van der Waals surface area contributed by atoms with Gasteiger partial charge in [-0.2, -0.15) is 0 Å². The summed E-state index contributed by atoms with van der Waals surface area (Å²) < 4.78 is 5.55. The van der Waals surface area contributed by atoms with Gasteiger partial charge < -0.3 is 9.84 Å². The first-order valence-corrected chi connectivity index (χ1v) is 4.63. The average Bonchev–Trinajstić information content (AvgIpc) is 2.17. The Labute approximate surface area is 78.2 Å². The number of aliphatic hydroxyl groups excluding tert-OH is 1. The van der Waals surface area contributed by atoms with Gasteiger partial charge in [0.2, 0.25) is 0 Å². The quantitative estimate of drug-likeness (QED) is 0.706. The lowest BCUT2D eigenvalue weighted by atomic mass is 9.97. The molecule has 2 rings (SSSR count). The molecule has 2 heteroatoms. The van der Waals surface area contributed by atoms with Gasteiger partial charge in [-0.15, -0.1) is 0 Å². The van der Waals surface area contributed by atoms with E-state index in [-0.39, 0.29) is 12.5 Å². The second-order valence-corrected chi connectivity index (χ2v) is 3.67. The Morgan fingerprint density at radius 1 is 1.54 bits per heavy atom. The number of hydrogen-bond acceptors (Lipinski definition) is 2. The fourth-order valence-electron chi connectivity index (χ4n) is 1.66. The van der Waals surface area contributed by atoms with Crippen molar-refractivity contribution in [3.63, 3.8) is 0 Å². The molecule has 0 amide bonds. The lowest BCUT2D eigenvalue weighted by molar-refractivity contribution is 0.147. The standard InChI is InChI=1S/C11H14O2/c1-8-2-3-10-5-9(6-12)7-13-11(10)4-8/h2-4,9,12H,5-7H2,1H3/t9-/m0/s1. The van der Waals surface area contributed by atoms with Crippen LogP contribution in [0, 0.1) is 12.8 Å². The summed E-state index contributed by atoms with van der Waals surface area (Å²) in [6, 6.07) is 6.23. The maximum Gasteiger partial charge on any atom is 0.122 e. The van der Waals surface area contributed by atoms with Crippen molar-refractivity contribution in [2.75, 3.05) is 13.2 Å². The van der Waals surface area contributed by atoms with Crippen LogP contribution >= 0.6 is 0 Å². The number of aliphatic hydroxyl groups is 1. The summed E-state index contributed by atoms with van der Waals surface area (Å²) in [5.41, 5.74) is 2.44. The third kappa shape index (κ3) is 1.68. The zero-order valence-electron chi connectivity index (χ0n) is 7.79. The van der Waals surface area contributed by atoms with Crippen LogP contribution in [-0.2, 0) is 6.42 Å². The highest BCUT2D eigenvalue weighted by Gasteiger charge is 2.18. The molecule has 70 valence electrons. The smallest absolute Gasteiger partial charge is 0.122 e. The molecule has 1 aromatic carbocycles. The molecule has 0 radical (unpaired) electrons. The van der Waals surface area contributed by atoms with E-state index in [1.807, 2.05) is 0 Å². The van der Waals surface area contributed by atoms with Crippen LogP contribution in [0.25, 0.3) is 0 Å². The van der Waals surface area contributed by atoms with Crippen LogP contribution in [0.2, 0.25) is 0 Å². The zero-order chi connectivity index (χ0) is 9.26. The molecular weight excluding hydrogens is 164 g/mol. The van der Waals surface area contributed by atoms with E-state index in [2.05, 4.69) is 25.1 Å². The molecule has 0 saturated carbocycles. The number of benzene rings is 1. The summed E-state index contributed by atoms with van der Waals surface area (Å²) in [5, 5.41) is 8.99. The summed E-state index contributed by atoms with van der Waals surface area (Å²) in [5.74, 6) is 1.26. The molecule has 1 N–H and O–H groups in total. The van der Waals surface area contributed by atoms with Crippen molar-refractivity contribution in [2.45, 2.75) is 13.3 Å². The third-order valence-corrected chi connectivity index (χ3v) is 2.46. The number of rotatable bonds is 1. The van der Waals surface area contributed by atoms with Gasteiger partial charge in [-0.05, 0) is 30.5 Å². The minimum Gasteiger partial charge on any atom is -0.493 e.